The van der Waals surface area contributed by atoms with E-state index >= 15 is 0 Å². The molecule has 0 amide bonds. The van der Waals surface area contributed by atoms with Crippen LogP contribution < -0.4 is 9.47 Å². The molecule has 0 N–H and O–H groups in total. The molecule has 0 saturated heterocycles. The van der Waals surface area contributed by atoms with Crippen LogP contribution in [0.1, 0.15) is 18.4 Å². The summed E-state index contributed by atoms with van der Waals surface area (Å²) in [5, 5.41) is -0.588. The molecule has 1 aromatic carbocycles. The van der Waals surface area contributed by atoms with Crippen LogP contribution in [-0.4, -0.2) is 32.5 Å². The lowest BCUT2D eigenvalue weighted by molar-refractivity contribution is -0.108. The molecular formula is C13H14O5S. The van der Waals surface area contributed by atoms with Crippen molar-refractivity contribution < 1.29 is 22.7 Å². The fourth-order valence-corrected chi connectivity index (χ4v) is 4.45. The van der Waals surface area contributed by atoms with Crippen molar-refractivity contribution >= 4 is 16.1 Å². The van der Waals surface area contributed by atoms with Crippen molar-refractivity contribution in [2.24, 2.45) is 5.92 Å². The number of carbonyl (C=O) groups is 1. The first-order valence-electron chi connectivity index (χ1n) is 6.15. The van der Waals surface area contributed by atoms with Crippen molar-refractivity contribution in [3.63, 3.8) is 0 Å². The van der Waals surface area contributed by atoms with E-state index in [2.05, 4.69) is 0 Å². The first-order chi connectivity index (χ1) is 9.08. The summed E-state index contributed by atoms with van der Waals surface area (Å²) in [6.45, 7) is 1.78. The van der Waals surface area contributed by atoms with E-state index in [9.17, 15) is 13.2 Å². The van der Waals surface area contributed by atoms with E-state index in [0.29, 0.717) is 11.5 Å². The van der Waals surface area contributed by atoms with Gasteiger partial charge in [-0.15, -0.1) is 0 Å². The summed E-state index contributed by atoms with van der Waals surface area (Å²) in [6.07, 6.45) is 0.743. The van der Waals surface area contributed by atoms with E-state index in [1.807, 2.05) is 0 Å². The largest absolute Gasteiger partial charge is 0.454 e. The smallest absolute Gasteiger partial charge is 0.231 e. The normalized spacial score (nSPS) is 28.2. The van der Waals surface area contributed by atoms with Gasteiger partial charge in [0.05, 0.1) is 5.25 Å². The maximum absolute atomic E-state index is 11.9. The van der Waals surface area contributed by atoms with Crippen molar-refractivity contribution in [2.45, 2.75) is 18.1 Å². The summed E-state index contributed by atoms with van der Waals surface area (Å²) >= 11 is 0. The van der Waals surface area contributed by atoms with Crippen LogP contribution in [0.5, 0.6) is 11.5 Å². The lowest BCUT2D eigenvalue weighted by atomic mass is 10.1. The molecule has 3 rings (SSSR count). The molecule has 0 unspecified atom stereocenters. The molecule has 0 aromatic heterocycles. The highest BCUT2D eigenvalue weighted by molar-refractivity contribution is 7.92. The van der Waals surface area contributed by atoms with Gasteiger partial charge in [0, 0.05) is 17.6 Å². The van der Waals surface area contributed by atoms with Crippen LogP contribution in [-0.2, 0) is 14.6 Å². The number of ether oxygens (including phenoxy) is 2. The molecule has 1 saturated carbocycles. The number of benzene rings is 1. The second-order valence-corrected chi connectivity index (χ2v) is 7.22. The van der Waals surface area contributed by atoms with Gasteiger partial charge in [-0.05, 0) is 17.7 Å². The van der Waals surface area contributed by atoms with Crippen molar-refractivity contribution in [2.75, 3.05) is 12.5 Å². The second-order valence-electron chi connectivity index (χ2n) is 4.77. The first kappa shape index (κ1) is 12.5. The van der Waals surface area contributed by atoms with Crippen molar-refractivity contribution in [3.05, 3.63) is 23.8 Å². The summed E-state index contributed by atoms with van der Waals surface area (Å²) < 4.78 is 34.4. The molecule has 1 aromatic rings. The third kappa shape index (κ3) is 1.90. The average molecular weight is 282 g/mol. The zero-order valence-electron chi connectivity index (χ0n) is 10.4. The van der Waals surface area contributed by atoms with Gasteiger partial charge in [-0.1, -0.05) is 13.0 Å². The van der Waals surface area contributed by atoms with Gasteiger partial charge in [0.25, 0.3) is 0 Å². The number of hydrogen-bond donors (Lipinski definition) is 0. The molecule has 6 heteroatoms. The zero-order valence-corrected chi connectivity index (χ0v) is 11.2. The topological polar surface area (TPSA) is 69.7 Å². The molecule has 5 nitrogen and oxygen atoms in total. The Morgan fingerprint density at radius 3 is 2.74 bits per heavy atom. The zero-order chi connectivity index (χ0) is 13.6. The van der Waals surface area contributed by atoms with Gasteiger partial charge in [0.1, 0.15) is 6.29 Å². The molecule has 3 atom stereocenters. The SMILES string of the molecule is CCS(=O)(=O)[C@@H]1[C@H](C=O)[C@@H]1c1ccc2c(c1)OCO2. The Hall–Kier alpha value is -1.56. The second kappa shape index (κ2) is 4.23. The maximum atomic E-state index is 11.9. The van der Waals surface area contributed by atoms with Crippen LogP contribution in [0.25, 0.3) is 0 Å². The predicted octanol–water partition coefficient (Wildman–Crippen LogP) is 1.13. The Bertz CT molecular complexity index is 622. The number of sulfone groups is 1. The minimum absolute atomic E-state index is 0.0586. The minimum atomic E-state index is -3.20. The molecule has 0 radical (unpaired) electrons. The van der Waals surface area contributed by atoms with E-state index in [1.54, 1.807) is 25.1 Å². The standard InChI is InChI=1S/C13H14O5S/c1-2-19(15,16)13-9(6-14)12(13)8-3-4-10-11(5-8)18-7-17-10/h3-6,9,12-13H,2,7H2,1H3/t9-,12+,13-/m1/s1. The Labute approximate surface area is 111 Å². The third-order valence-corrected chi connectivity index (χ3v) is 6.00. The fraction of sp³-hybridized carbons (Fsp3) is 0.462. The molecular weight excluding hydrogens is 268 g/mol. The minimum Gasteiger partial charge on any atom is -0.454 e. The molecule has 1 aliphatic heterocycles. The van der Waals surface area contributed by atoms with Gasteiger partial charge in [-0.25, -0.2) is 8.42 Å². The van der Waals surface area contributed by atoms with Crippen LogP contribution in [0, 0.1) is 5.92 Å². The van der Waals surface area contributed by atoms with Crippen LogP contribution in [0.2, 0.25) is 0 Å². The summed E-state index contributed by atoms with van der Waals surface area (Å²) in [7, 11) is -3.20. The summed E-state index contributed by atoms with van der Waals surface area (Å²) in [5.41, 5.74) is 0.823. The molecule has 19 heavy (non-hydrogen) atoms. The first-order valence-corrected chi connectivity index (χ1v) is 7.86. The molecule has 1 fully saturated rings. The molecule has 2 aliphatic rings. The summed E-state index contributed by atoms with van der Waals surface area (Å²) in [6, 6.07) is 5.34. The summed E-state index contributed by atoms with van der Waals surface area (Å²) in [5.74, 6) is 0.634. The van der Waals surface area contributed by atoms with E-state index in [1.165, 1.54) is 0 Å². The van der Waals surface area contributed by atoms with Gasteiger partial charge < -0.3 is 14.3 Å². The molecule has 102 valence electrons. The Balaban J connectivity index is 1.93. The Kier molecular flexibility index (Phi) is 2.78. The Morgan fingerprint density at radius 1 is 1.32 bits per heavy atom. The number of fused-ring (bicyclic) bond motifs is 1. The van der Waals surface area contributed by atoms with Gasteiger partial charge in [0.15, 0.2) is 21.3 Å². The van der Waals surface area contributed by atoms with Crippen molar-refractivity contribution in [1.29, 1.82) is 0 Å². The lowest BCUT2D eigenvalue weighted by Gasteiger charge is -2.02. The van der Waals surface area contributed by atoms with Crippen molar-refractivity contribution in [1.82, 2.24) is 0 Å². The molecule has 0 spiro atoms. The highest BCUT2D eigenvalue weighted by atomic mass is 32.2. The predicted molar refractivity (Wildman–Crippen MR) is 68.1 cm³/mol. The monoisotopic (exact) mass is 282 g/mol. The van der Waals surface area contributed by atoms with E-state index in [4.69, 9.17) is 9.47 Å². The third-order valence-electron chi connectivity index (χ3n) is 3.76. The quantitative estimate of drug-likeness (QED) is 0.774. The number of rotatable bonds is 4. The van der Waals surface area contributed by atoms with E-state index < -0.39 is 21.0 Å². The average Bonchev–Trinajstić information content (AvgIpc) is 2.99. The summed E-state index contributed by atoms with van der Waals surface area (Å²) in [4.78, 5) is 11.0. The maximum Gasteiger partial charge on any atom is 0.231 e. The van der Waals surface area contributed by atoms with Crippen LogP contribution in [0.15, 0.2) is 18.2 Å². The highest BCUT2D eigenvalue weighted by Crippen LogP contribution is 2.52. The highest BCUT2D eigenvalue weighted by Gasteiger charge is 2.58. The lowest BCUT2D eigenvalue weighted by Crippen LogP contribution is -2.12. The van der Waals surface area contributed by atoms with E-state index in [0.717, 1.165) is 11.8 Å². The number of aldehydes is 1. The van der Waals surface area contributed by atoms with Crippen LogP contribution in [0.3, 0.4) is 0 Å². The number of carbonyl (C=O) groups excluding carboxylic acids is 1. The fourth-order valence-electron chi connectivity index (χ4n) is 2.65. The Morgan fingerprint density at radius 2 is 2.05 bits per heavy atom. The van der Waals surface area contributed by atoms with Crippen LogP contribution in [0.4, 0.5) is 0 Å². The molecule has 1 heterocycles. The van der Waals surface area contributed by atoms with Gasteiger partial charge in [-0.3, -0.25) is 0 Å². The van der Waals surface area contributed by atoms with Gasteiger partial charge in [0.2, 0.25) is 6.79 Å². The van der Waals surface area contributed by atoms with E-state index in [-0.39, 0.29) is 18.5 Å². The van der Waals surface area contributed by atoms with Gasteiger partial charge in [-0.2, -0.15) is 0 Å². The van der Waals surface area contributed by atoms with Crippen LogP contribution >= 0.6 is 0 Å². The molecule has 1 aliphatic carbocycles. The van der Waals surface area contributed by atoms with Gasteiger partial charge >= 0.3 is 0 Å². The molecule has 0 bridgehead atoms. The van der Waals surface area contributed by atoms with Crippen molar-refractivity contribution in [3.8, 4) is 11.5 Å². The number of hydrogen-bond acceptors (Lipinski definition) is 5.